The van der Waals surface area contributed by atoms with Crippen LogP contribution in [0, 0.1) is 0 Å². The lowest BCUT2D eigenvalue weighted by molar-refractivity contribution is 0.0794. The van der Waals surface area contributed by atoms with Gasteiger partial charge in [-0.1, -0.05) is 36.8 Å². The number of ether oxygens (including phenoxy) is 1. The molecule has 3 rings (SSSR count). The van der Waals surface area contributed by atoms with E-state index in [0.717, 1.165) is 51.6 Å². The van der Waals surface area contributed by atoms with Crippen molar-refractivity contribution in [1.29, 1.82) is 0 Å². The minimum Gasteiger partial charge on any atom is -0.381 e. The van der Waals surface area contributed by atoms with Crippen LogP contribution in [0.1, 0.15) is 44.6 Å². The highest BCUT2D eigenvalue weighted by Crippen LogP contribution is 2.43. The zero-order chi connectivity index (χ0) is 18.3. The molecular weight excluding hydrogens is 342 g/mol. The van der Waals surface area contributed by atoms with Gasteiger partial charge in [0.15, 0.2) is 5.96 Å². The molecule has 1 aliphatic carbocycles. The molecule has 1 saturated heterocycles. The first-order valence-electron chi connectivity index (χ1n) is 9.93. The number of aliphatic imine (C=N–C) groups is 1. The molecule has 4 nitrogen and oxygen atoms in total. The van der Waals surface area contributed by atoms with Crippen molar-refractivity contribution in [2.75, 3.05) is 39.1 Å². The molecule has 2 aliphatic rings. The molecule has 0 amide bonds. The first-order chi connectivity index (χ1) is 12.7. The molecule has 0 unspecified atom stereocenters. The van der Waals surface area contributed by atoms with E-state index in [-0.39, 0.29) is 10.2 Å². The molecule has 1 heterocycles. The van der Waals surface area contributed by atoms with Crippen molar-refractivity contribution in [3.05, 3.63) is 35.9 Å². The zero-order valence-electron chi connectivity index (χ0n) is 16.2. The Labute approximate surface area is 162 Å². The highest BCUT2D eigenvalue weighted by atomic mass is 32.2. The smallest absolute Gasteiger partial charge is 0.191 e. The molecule has 26 heavy (non-hydrogen) atoms. The number of nitrogens with one attached hydrogen (secondary N) is 2. The fourth-order valence-electron chi connectivity index (χ4n) is 3.95. The summed E-state index contributed by atoms with van der Waals surface area (Å²) in [6.45, 7) is 6.55. The van der Waals surface area contributed by atoms with E-state index in [0.29, 0.717) is 0 Å². The molecule has 5 heteroatoms. The Morgan fingerprint density at radius 3 is 2.42 bits per heavy atom. The third-order valence-corrected chi connectivity index (χ3v) is 7.40. The highest BCUT2D eigenvalue weighted by molar-refractivity contribution is 8.00. The quantitative estimate of drug-likeness (QED) is 0.565. The van der Waals surface area contributed by atoms with Crippen LogP contribution in [0.15, 0.2) is 35.3 Å². The van der Waals surface area contributed by atoms with E-state index >= 15 is 0 Å². The molecule has 0 bridgehead atoms. The normalized spacial score (nSPS) is 21.7. The van der Waals surface area contributed by atoms with Gasteiger partial charge in [-0.3, -0.25) is 4.99 Å². The molecule has 1 aliphatic heterocycles. The van der Waals surface area contributed by atoms with Crippen LogP contribution in [-0.4, -0.2) is 49.8 Å². The van der Waals surface area contributed by atoms with Gasteiger partial charge in [0.2, 0.25) is 0 Å². The second kappa shape index (κ2) is 9.14. The van der Waals surface area contributed by atoms with Gasteiger partial charge in [-0.2, -0.15) is 11.8 Å². The Hall–Kier alpha value is -1.20. The third-order valence-electron chi connectivity index (χ3n) is 6.00. The first kappa shape index (κ1) is 19.6. The Bertz CT molecular complexity index is 580. The van der Waals surface area contributed by atoms with Crippen LogP contribution in [0.4, 0.5) is 0 Å². The van der Waals surface area contributed by atoms with Gasteiger partial charge in [0, 0.05) is 36.5 Å². The van der Waals surface area contributed by atoms with Crippen molar-refractivity contribution >= 4 is 17.7 Å². The minimum absolute atomic E-state index is 0.230. The summed E-state index contributed by atoms with van der Waals surface area (Å²) < 4.78 is 5.78. The predicted octanol–water partition coefficient (Wildman–Crippen LogP) is 3.58. The molecule has 0 atom stereocenters. The summed E-state index contributed by atoms with van der Waals surface area (Å²) in [7, 11) is 0. The van der Waals surface area contributed by atoms with Crippen LogP contribution in [0.3, 0.4) is 0 Å². The van der Waals surface area contributed by atoms with Crippen molar-refractivity contribution < 1.29 is 4.74 Å². The Kier molecular flexibility index (Phi) is 6.87. The summed E-state index contributed by atoms with van der Waals surface area (Å²) in [5.41, 5.74) is 1.73. The van der Waals surface area contributed by atoms with Crippen molar-refractivity contribution in [2.45, 2.75) is 49.2 Å². The van der Waals surface area contributed by atoms with E-state index in [4.69, 9.17) is 9.73 Å². The van der Waals surface area contributed by atoms with Gasteiger partial charge >= 0.3 is 0 Å². The average Bonchev–Trinajstić information content (AvgIpc) is 2.67. The largest absolute Gasteiger partial charge is 0.381 e. The fraction of sp³-hybridized carbons (Fsp3) is 0.667. The maximum Gasteiger partial charge on any atom is 0.191 e. The lowest BCUT2D eigenvalue weighted by Crippen LogP contribution is -2.49. The number of thioether (sulfide) groups is 1. The SMILES string of the molecule is CCNC(=NCC1(SC)CCOCC1)NCC1(c2ccccc2)CCC1. The number of hydrogen-bond donors (Lipinski definition) is 2. The molecular formula is C21H33N3OS. The molecule has 0 aromatic heterocycles. The summed E-state index contributed by atoms with van der Waals surface area (Å²) in [6.07, 6.45) is 8.22. The van der Waals surface area contributed by atoms with Gasteiger partial charge < -0.3 is 15.4 Å². The number of guanidine groups is 1. The summed E-state index contributed by atoms with van der Waals surface area (Å²) in [5.74, 6) is 0.953. The van der Waals surface area contributed by atoms with Gasteiger partial charge in [0.05, 0.1) is 6.54 Å². The van der Waals surface area contributed by atoms with Crippen molar-refractivity contribution in [1.82, 2.24) is 10.6 Å². The topological polar surface area (TPSA) is 45.7 Å². The highest BCUT2D eigenvalue weighted by Gasteiger charge is 2.38. The van der Waals surface area contributed by atoms with Crippen molar-refractivity contribution in [3.63, 3.8) is 0 Å². The van der Waals surface area contributed by atoms with Crippen LogP contribution >= 0.6 is 11.8 Å². The lowest BCUT2D eigenvalue weighted by Gasteiger charge is -2.43. The molecule has 1 aromatic carbocycles. The molecule has 2 N–H and O–H groups in total. The van der Waals surface area contributed by atoms with E-state index < -0.39 is 0 Å². The van der Waals surface area contributed by atoms with E-state index in [2.05, 4.69) is 54.1 Å². The van der Waals surface area contributed by atoms with Crippen LogP contribution in [0.2, 0.25) is 0 Å². The number of hydrogen-bond acceptors (Lipinski definition) is 3. The van der Waals surface area contributed by atoms with Crippen molar-refractivity contribution in [2.24, 2.45) is 4.99 Å². The van der Waals surface area contributed by atoms with E-state index in [9.17, 15) is 0 Å². The van der Waals surface area contributed by atoms with Gasteiger partial charge in [-0.05, 0) is 44.4 Å². The maximum atomic E-state index is 5.55. The van der Waals surface area contributed by atoms with E-state index in [1.807, 2.05) is 11.8 Å². The molecule has 0 radical (unpaired) electrons. The van der Waals surface area contributed by atoms with Gasteiger partial charge in [-0.15, -0.1) is 0 Å². The lowest BCUT2D eigenvalue weighted by atomic mass is 9.64. The molecule has 0 spiro atoms. The number of benzene rings is 1. The minimum atomic E-state index is 0.230. The first-order valence-corrected chi connectivity index (χ1v) is 11.2. The Morgan fingerprint density at radius 2 is 1.85 bits per heavy atom. The average molecular weight is 376 g/mol. The van der Waals surface area contributed by atoms with Crippen molar-refractivity contribution in [3.8, 4) is 0 Å². The molecule has 1 aromatic rings. The summed E-state index contributed by atoms with van der Waals surface area (Å²) >= 11 is 1.95. The second-order valence-corrected chi connectivity index (χ2v) is 8.82. The van der Waals surface area contributed by atoms with E-state index in [1.54, 1.807) is 0 Å². The summed E-state index contributed by atoms with van der Waals surface area (Å²) in [6, 6.07) is 11.0. The second-order valence-electron chi connectivity index (χ2n) is 7.55. The van der Waals surface area contributed by atoms with Crippen LogP contribution in [-0.2, 0) is 10.2 Å². The standard InChI is InChI=1S/C21H33N3OS/c1-3-22-19(24-17-21(26-2)12-14-25-15-13-21)23-16-20(10-7-11-20)18-8-5-4-6-9-18/h4-6,8-9H,3,7,10-17H2,1-2H3,(H2,22,23,24). The van der Waals surface area contributed by atoms with Gasteiger partial charge in [-0.25, -0.2) is 0 Å². The fourth-order valence-corrected chi connectivity index (χ4v) is 4.72. The Morgan fingerprint density at radius 1 is 1.12 bits per heavy atom. The maximum absolute atomic E-state index is 5.55. The molecule has 2 fully saturated rings. The van der Waals surface area contributed by atoms with Crippen LogP contribution in [0.25, 0.3) is 0 Å². The van der Waals surface area contributed by atoms with Crippen LogP contribution in [0.5, 0.6) is 0 Å². The summed E-state index contributed by atoms with van der Waals surface area (Å²) in [5, 5.41) is 7.08. The van der Waals surface area contributed by atoms with Gasteiger partial charge in [0.25, 0.3) is 0 Å². The number of nitrogens with zero attached hydrogens (tertiary/aromatic N) is 1. The molecule has 1 saturated carbocycles. The third kappa shape index (κ3) is 4.55. The number of rotatable bonds is 7. The van der Waals surface area contributed by atoms with E-state index in [1.165, 1.54) is 24.8 Å². The van der Waals surface area contributed by atoms with Crippen LogP contribution < -0.4 is 10.6 Å². The Balaban J connectivity index is 1.64. The monoisotopic (exact) mass is 375 g/mol. The summed E-state index contributed by atoms with van der Waals surface area (Å²) in [4.78, 5) is 4.95. The zero-order valence-corrected chi connectivity index (χ0v) is 17.0. The molecule has 144 valence electrons. The van der Waals surface area contributed by atoms with Gasteiger partial charge in [0.1, 0.15) is 0 Å². The predicted molar refractivity (Wildman–Crippen MR) is 112 cm³/mol.